The third kappa shape index (κ3) is 4.57. The van der Waals surface area contributed by atoms with Gasteiger partial charge in [-0.1, -0.05) is 12.1 Å². The van der Waals surface area contributed by atoms with Crippen molar-refractivity contribution in [3.8, 4) is 0 Å². The van der Waals surface area contributed by atoms with Crippen molar-refractivity contribution in [3.63, 3.8) is 0 Å². The van der Waals surface area contributed by atoms with Gasteiger partial charge >= 0.3 is 5.69 Å². The van der Waals surface area contributed by atoms with E-state index in [4.69, 9.17) is 0 Å². The number of H-pyrrole nitrogens is 1. The number of para-hydroxylation sites is 1. The first kappa shape index (κ1) is 21.6. The predicted molar refractivity (Wildman–Crippen MR) is 114 cm³/mol. The van der Waals surface area contributed by atoms with Gasteiger partial charge in [-0.05, 0) is 30.6 Å². The van der Waals surface area contributed by atoms with Crippen LogP contribution < -0.4 is 11.2 Å². The fourth-order valence-electron chi connectivity index (χ4n) is 3.50. The number of thioether (sulfide) groups is 1. The lowest BCUT2D eigenvalue weighted by Crippen LogP contribution is -2.53. The second-order valence-corrected chi connectivity index (χ2v) is 9.90. The van der Waals surface area contributed by atoms with E-state index in [0.29, 0.717) is 23.1 Å². The number of rotatable bonds is 6. The monoisotopic (exact) mass is 440 g/mol. The maximum atomic E-state index is 13.2. The highest BCUT2D eigenvalue weighted by atomic mass is 32.2. The molecule has 0 radical (unpaired) electrons. The van der Waals surface area contributed by atoms with E-state index in [1.165, 1.54) is 21.0 Å². The van der Waals surface area contributed by atoms with E-state index in [2.05, 4.69) is 4.98 Å². The summed E-state index contributed by atoms with van der Waals surface area (Å²) in [5.41, 5.74) is -0.696. The summed E-state index contributed by atoms with van der Waals surface area (Å²) >= 11 is 1.52. The normalized spacial score (nSPS) is 16.8. The Kier molecular flexibility index (Phi) is 6.49. The summed E-state index contributed by atoms with van der Waals surface area (Å²) in [5, 5.41) is 0.343. The number of nitrogens with one attached hydrogen (secondary N) is 1. The molecule has 1 saturated heterocycles. The second-order valence-electron chi connectivity index (χ2n) is 6.94. The van der Waals surface area contributed by atoms with E-state index >= 15 is 0 Å². The molecular formula is C18H24N4O5S2. The lowest BCUT2D eigenvalue weighted by Gasteiger charge is -2.35. The molecular weight excluding hydrogens is 416 g/mol. The third-order valence-corrected chi connectivity index (χ3v) is 7.00. The first-order valence-corrected chi connectivity index (χ1v) is 12.4. The van der Waals surface area contributed by atoms with Crippen LogP contribution in [0.3, 0.4) is 0 Å². The summed E-state index contributed by atoms with van der Waals surface area (Å²) in [6.07, 6.45) is 3.35. The molecule has 1 aliphatic rings. The van der Waals surface area contributed by atoms with Crippen LogP contribution in [0.4, 0.5) is 0 Å². The Hall–Kier alpha value is -2.11. The molecule has 1 aliphatic heterocycles. The average Bonchev–Trinajstić information content (AvgIpc) is 2.69. The molecule has 1 aromatic carbocycles. The smallest absolute Gasteiger partial charge is 0.329 e. The molecule has 29 heavy (non-hydrogen) atoms. The van der Waals surface area contributed by atoms with E-state index in [9.17, 15) is 22.8 Å². The number of carbonyl (C=O) groups excluding carboxylic acids is 1. The van der Waals surface area contributed by atoms with Gasteiger partial charge in [0.2, 0.25) is 15.9 Å². The lowest BCUT2D eigenvalue weighted by atomic mass is 10.1. The lowest BCUT2D eigenvalue weighted by molar-refractivity contribution is -0.136. The molecule has 3 rings (SSSR count). The molecule has 1 atom stereocenters. The maximum Gasteiger partial charge on any atom is 0.329 e. The van der Waals surface area contributed by atoms with Crippen molar-refractivity contribution in [3.05, 3.63) is 45.1 Å². The van der Waals surface area contributed by atoms with Gasteiger partial charge in [0.05, 0.1) is 17.2 Å². The molecule has 158 valence electrons. The Labute approximate surface area is 172 Å². The number of sulfonamides is 1. The second kappa shape index (κ2) is 8.72. The van der Waals surface area contributed by atoms with Crippen LogP contribution in [0.2, 0.25) is 0 Å². The molecule has 1 amide bonds. The van der Waals surface area contributed by atoms with Crippen LogP contribution in [0.1, 0.15) is 12.5 Å². The van der Waals surface area contributed by atoms with Crippen LogP contribution in [0.15, 0.2) is 33.9 Å². The van der Waals surface area contributed by atoms with E-state index in [1.54, 1.807) is 24.3 Å². The van der Waals surface area contributed by atoms with Crippen LogP contribution in [0, 0.1) is 0 Å². The predicted octanol–water partition coefficient (Wildman–Crippen LogP) is 0.0878. The van der Waals surface area contributed by atoms with Gasteiger partial charge in [0.25, 0.3) is 5.56 Å². The van der Waals surface area contributed by atoms with Gasteiger partial charge in [0.15, 0.2) is 0 Å². The van der Waals surface area contributed by atoms with Crippen LogP contribution in [-0.2, 0) is 14.8 Å². The van der Waals surface area contributed by atoms with Crippen molar-refractivity contribution in [2.75, 3.05) is 44.4 Å². The topological polar surface area (TPSA) is 113 Å². The zero-order valence-electron chi connectivity index (χ0n) is 16.3. The molecule has 2 heterocycles. The Morgan fingerprint density at radius 2 is 1.83 bits per heavy atom. The number of amides is 1. The molecule has 11 heteroatoms. The minimum absolute atomic E-state index is 0.197. The van der Waals surface area contributed by atoms with Crippen molar-refractivity contribution >= 4 is 38.6 Å². The number of nitrogens with zero attached hydrogens (tertiary/aromatic N) is 3. The minimum Gasteiger partial charge on any atom is -0.338 e. The maximum absolute atomic E-state index is 13.2. The van der Waals surface area contributed by atoms with Crippen molar-refractivity contribution in [2.24, 2.45) is 0 Å². The van der Waals surface area contributed by atoms with Crippen LogP contribution in [-0.4, -0.2) is 77.5 Å². The minimum atomic E-state index is -3.32. The Bertz CT molecular complexity index is 1120. The molecule has 1 unspecified atom stereocenters. The van der Waals surface area contributed by atoms with Gasteiger partial charge in [-0.15, -0.1) is 0 Å². The largest absolute Gasteiger partial charge is 0.338 e. The van der Waals surface area contributed by atoms with Crippen molar-refractivity contribution in [2.45, 2.75) is 12.5 Å². The number of hydrogen-bond acceptors (Lipinski definition) is 6. The molecule has 2 aromatic rings. The highest BCUT2D eigenvalue weighted by Gasteiger charge is 2.32. The van der Waals surface area contributed by atoms with Gasteiger partial charge < -0.3 is 9.88 Å². The van der Waals surface area contributed by atoms with E-state index in [-0.39, 0.29) is 32.1 Å². The van der Waals surface area contributed by atoms with Gasteiger partial charge in [-0.2, -0.15) is 16.1 Å². The molecule has 0 spiro atoms. The number of aromatic nitrogens is 2. The Morgan fingerprint density at radius 3 is 2.45 bits per heavy atom. The standard InChI is InChI=1S/C18H24N4O5S2/c1-28-12-7-15(17(24)20-8-10-21(11-9-20)29(2,26)27)22-16(23)13-5-3-4-6-14(13)19-18(22)25/h3-6,15H,7-12H2,1-2H3,(H,19,25). The fraction of sp³-hybridized carbons (Fsp3) is 0.500. The summed E-state index contributed by atoms with van der Waals surface area (Å²) in [6.45, 7) is 0.843. The van der Waals surface area contributed by atoms with E-state index < -0.39 is 27.3 Å². The number of benzene rings is 1. The van der Waals surface area contributed by atoms with Crippen LogP contribution in [0.25, 0.3) is 10.9 Å². The highest BCUT2D eigenvalue weighted by Crippen LogP contribution is 2.18. The number of carbonyl (C=O) groups is 1. The van der Waals surface area contributed by atoms with Crippen molar-refractivity contribution in [1.82, 2.24) is 18.8 Å². The highest BCUT2D eigenvalue weighted by molar-refractivity contribution is 7.98. The summed E-state index contributed by atoms with van der Waals surface area (Å²) in [4.78, 5) is 43.1. The molecule has 9 nitrogen and oxygen atoms in total. The van der Waals surface area contributed by atoms with Gasteiger partial charge in [0.1, 0.15) is 6.04 Å². The summed E-state index contributed by atoms with van der Waals surface area (Å²) in [6, 6.07) is 5.75. The fourth-order valence-corrected chi connectivity index (χ4v) is 4.79. The average molecular weight is 441 g/mol. The summed E-state index contributed by atoms with van der Waals surface area (Å²) in [7, 11) is -3.32. The first-order valence-electron chi connectivity index (χ1n) is 9.20. The van der Waals surface area contributed by atoms with Crippen molar-refractivity contribution in [1.29, 1.82) is 0 Å². The van der Waals surface area contributed by atoms with Gasteiger partial charge in [-0.25, -0.2) is 17.8 Å². The molecule has 1 fully saturated rings. The van der Waals surface area contributed by atoms with Gasteiger partial charge in [0, 0.05) is 26.2 Å². The number of fused-ring (bicyclic) bond motifs is 1. The van der Waals surface area contributed by atoms with Crippen LogP contribution in [0.5, 0.6) is 0 Å². The Balaban J connectivity index is 1.95. The summed E-state index contributed by atoms with van der Waals surface area (Å²) in [5.74, 6) is 0.258. The van der Waals surface area contributed by atoms with Gasteiger partial charge in [-0.3, -0.25) is 9.59 Å². The first-order chi connectivity index (χ1) is 13.7. The summed E-state index contributed by atoms with van der Waals surface area (Å²) < 4.78 is 25.7. The SMILES string of the molecule is CSCCC(C(=O)N1CCN(S(C)(=O)=O)CC1)n1c(=O)[nH]c2ccccc2c1=O. The van der Waals surface area contributed by atoms with Crippen molar-refractivity contribution < 1.29 is 13.2 Å². The van der Waals surface area contributed by atoms with Crippen LogP contribution >= 0.6 is 11.8 Å². The number of hydrogen-bond donors (Lipinski definition) is 1. The zero-order chi connectivity index (χ0) is 21.2. The number of piperazine rings is 1. The number of aromatic amines is 1. The quantitative estimate of drug-likeness (QED) is 0.681. The zero-order valence-corrected chi connectivity index (χ0v) is 18.0. The van der Waals surface area contributed by atoms with E-state index in [0.717, 1.165) is 10.8 Å². The van der Waals surface area contributed by atoms with E-state index in [1.807, 2.05) is 6.26 Å². The molecule has 1 N–H and O–H groups in total. The Morgan fingerprint density at radius 1 is 1.17 bits per heavy atom. The molecule has 0 aliphatic carbocycles. The molecule has 0 bridgehead atoms. The molecule has 1 aromatic heterocycles. The molecule has 0 saturated carbocycles. The third-order valence-electron chi connectivity index (χ3n) is 5.05.